The van der Waals surface area contributed by atoms with Crippen molar-refractivity contribution < 1.29 is 0 Å². The first-order valence-corrected chi connectivity index (χ1v) is 5.19. The molecule has 1 fully saturated rings. The molecule has 2 aliphatic heterocycles. The Labute approximate surface area is 84.2 Å². The Morgan fingerprint density at radius 2 is 2.21 bits per heavy atom. The Kier molecular flexibility index (Phi) is 1.81. The molecule has 14 heavy (non-hydrogen) atoms. The van der Waals surface area contributed by atoms with Gasteiger partial charge in [0.15, 0.2) is 0 Å². The van der Waals surface area contributed by atoms with E-state index in [1.807, 2.05) is 0 Å². The second-order valence-electron chi connectivity index (χ2n) is 3.90. The third-order valence-electron chi connectivity index (χ3n) is 3.09. The van der Waals surface area contributed by atoms with E-state index >= 15 is 0 Å². The summed E-state index contributed by atoms with van der Waals surface area (Å²) in [6.45, 7) is 3.29. The van der Waals surface area contributed by atoms with Crippen LogP contribution in [0.2, 0.25) is 0 Å². The van der Waals surface area contributed by atoms with Crippen LogP contribution in [0.25, 0.3) is 6.08 Å². The number of piperazine rings is 1. The van der Waals surface area contributed by atoms with Gasteiger partial charge in [0.05, 0.1) is 6.04 Å². The SMILES string of the molecule is C1=CN2CCNCC2c2ccccc21. The predicted molar refractivity (Wildman–Crippen MR) is 57.8 cm³/mol. The molecule has 1 aromatic carbocycles. The fourth-order valence-corrected chi connectivity index (χ4v) is 2.33. The van der Waals surface area contributed by atoms with E-state index in [0.717, 1.165) is 19.6 Å². The van der Waals surface area contributed by atoms with Crippen molar-refractivity contribution in [1.82, 2.24) is 10.2 Å². The lowest BCUT2D eigenvalue weighted by atomic mass is 9.95. The molecule has 1 saturated heterocycles. The van der Waals surface area contributed by atoms with Crippen LogP contribution in [0, 0.1) is 0 Å². The summed E-state index contributed by atoms with van der Waals surface area (Å²) >= 11 is 0. The summed E-state index contributed by atoms with van der Waals surface area (Å²) in [5.74, 6) is 0. The van der Waals surface area contributed by atoms with E-state index in [1.54, 1.807) is 0 Å². The second-order valence-corrected chi connectivity index (χ2v) is 3.90. The van der Waals surface area contributed by atoms with Gasteiger partial charge in [-0.3, -0.25) is 0 Å². The first-order valence-electron chi connectivity index (χ1n) is 5.19. The Bertz CT molecular complexity index is 370. The molecule has 0 saturated carbocycles. The van der Waals surface area contributed by atoms with Crippen LogP contribution in [0.3, 0.4) is 0 Å². The minimum atomic E-state index is 0.546. The maximum absolute atomic E-state index is 3.45. The molecule has 0 aromatic heterocycles. The number of hydrogen-bond donors (Lipinski definition) is 1. The van der Waals surface area contributed by atoms with E-state index in [1.165, 1.54) is 11.1 Å². The summed E-state index contributed by atoms with van der Waals surface area (Å²) in [4.78, 5) is 2.43. The zero-order valence-electron chi connectivity index (χ0n) is 8.11. The van der Waals surface area contributed by atoms with Gasteiger partial charge in [0.25, 0.3) is 0 Å². The number of fused-ring (bicyclic) bond motifs is 3. The van der Waals surface area contributed by atoms with Crippen LogP contribution in [0.15, 0.2) is 30.5 Å². The van der Waals surface area contributed by atoms with Crippen LogP contribution in [0.1, 0.15) is 17.2 Å². The average Bonchev–Trinajstić information content (AvgIpc) is 2.29. The number of rotatable bonds is 0. The summed E-state index contributed by atoms with van der Waals surface area (Å²) in [5, 5.41) is 3.45. The van der Waals surface area contributed by atoms with Crippen LogP contribution < -0.4 is 5.32 Å². The molecule has 2 nitrogen and oxygen atoms in total. The topological polar surface area (TPSA) is 15.3 Å². The highest BCUT2D eigenvalue weighted by Gasteiger charge is 2.24. The fourth-order valence-electron chi connectivity index (χ4n) is 2.33. The molecular formula is C12H14N2. The maximum Gasteiger partial charge on any atom is 0.0667 e. The minimum Gasteiger partial charge on any atom is -0.368 e. The third-order valence-corrected chi connectivity index (χ3v) is 3.09. The normalized spacial score (nSPS) is 24.3. The average molecular weight is 186 g/mol. The fraction of sp³-hybridized carbons (Fsp3) is 0.333. The number of hydrogen-bond acceptors (Lipinski definition) is 2. The van der Waals surface area contributed by atoms with Gasteiger partial charge in [-0.25, -0.2) is 0 Å². The zero-order chi connectivity index (χ0) is 9.38. The van der Waals surface area contributed by atoms with E-state index in [0.29, 0.717) is 6.04 Å². The standard InChI is InChI=1S/C12H14N2/c1-2-4-11-10(3-1)5-7-14-8-6-13-9-12(11)14/h1-5,7,12-13H,6,8-9H2. The first-order chi connectivity index (χ1) is 6.95. The molecule has 1 atom stereocenters. The molecule has 1 N–H and O–H groups in total. The first kappa shape index (κ1) is 8.06. The monoisotopic (exact) mass is 186 g/mol. The van der Waals surface area contributed by atoms with Crippen LogP contribution in [-0.2, 0) is 0 Å². The third kappa shape index (κ3) is 1.15. The molecule has 72 valence electrons. The van der Waals surface area contributed by atoms with Gasteiger partial charge >= 0.3 is 0 Å². The minimum absolute atomic E-state index is 0.546. The quantitative estimate of drug-likeness (QED) is 0.662. The molecule has 0 aliphatic carbocycles. The van der Waals surface area contributed by atoms with Crippen molar-refractivity contribution in [3.63, 3.8) is 0 Å². The number of nitrogens with one attached hydrogen (secondary N) is 1. The molecule has 0 spiro atoms. The van der Waals surface area contributed by atoms with Crippen LogP contribution in [0.4, 0.5) is 0 Å². The highest BCUT2D eigenvalue weighted by atomic mass is 15.2. The van der Waals surface area contributed by atoms with Crippen molar-refractivity contribution in [2.75, 3.05) is 19.6 Å². The van der Waals surface area contributed by atoms with Crippen molar-refractivity contribution in [3.8, 4) is 0 Å². The molecular weight excluding hydrogens is 172 g/mol. The molecule has 1 aromatic rings. The molecule has 2 heteroatoms. The van der Waals surface area contributed by atoms with Crippen LogP contribution >= 0.6 is 0 Å². The Morgan fingerprint density at radius 1 is 1.29 bits per heavy atom. The zero-order valence-corrected chi connectivity index (χ0v) is 8.11. The molecule has 0 bridgehead atoms. The summed E-state index contributed by atoms with van der Waals surface area (Å²) in [6, 6.07) is 9.21. The van der Waals surface area contributed by atoms with E-state index < -0.39 is 0 Å². The van der Waals surface area contributed by atoms with Gasteiger partial charge in [-0.1, -0.05) is 24.3 Å². The van der Waals surface area contributed by atoms with E-state index in [2.05, 4.69) is 46.8 Å². The lowest BCUT2D eigenvalue weighted by Crippen LogP contribution is -2.44. The highest BCUT2D eigenvalue weighted by molar-refractivity contribution is 5.57. The number of nitrogens with zero attached hydrogens (tertiary/aromatic N) is 1. The van der Waals surface area contributed by atoms with Gasteiger partial charge in [0.1, 0.15) is 0 Å². The second kappa shape index (κ2) is 3.14. The molecule has 0 radical (unpaired) electrons. The Morgan fingerprint density at radius 3 is 3.21 bits per heavy atom. The van der Waals surface area contributed by atoms with Gasteiger partial charge in [-0.05, 0) is 17.2 Å². The lowest BCUT2D eigenvalue weighted by Gasteiger charge is -2.38. The van der Waals surface area contributed by atoms with Crippen molar-refractivity contribution in [1.29, 1.82) is 0 Å². The van der Waals surface area contributed by atoms with Gasteiger partial charge in [-0.2, -0.15) is 0 Å². The number of benzene rings is 1. The van der Waals surface area contributed by atoms with Crippen molar-refractivity contribution in [3.05, 3.63) is 41.6 Å². The van der Waals surface area contributed by atoms with Crippen LogP contribution in [0.5, 0.6) is 0 Å². The Hall–Kier alpha value is -1.28. The largest absolute Gasteiger partial charge is 0.368 e. The molecule has 2 heterocycles. The summed E-state index contributed by atoms with van der Waals surface area (Å²) < 4.78 is 0. The lowest BCUT2D eigenvalue weighted by molar-refractivity contribution is 0.229. The van der Waals surface area contributed by atoms with Crippen LogP contribution in [-0.4, -0.2) is 24.5 Å². The summed E-state index contributed by atoms with van der Waals surface area (Å²) in [6.07, 6.45) is 4.45. The van der Waals surface area contributed by atoms with E-state index in [9.17, 15) is 0 Å². The van der Waals surface area contributed by atoms with Gasteiger partial charge in [0.2, 0.25) is 0 Å². The summed E-state index contributed by atoms with van der Waals surface area (Å²) in [7, 11) is 0. The molecule has 0 amide bonds. The smallest absolute Gasteiger partial charge is 0.0667 e. The van der Waals surface area contributed by atoms with E-state index in [4.69, 9.17) is 0 Å². The van der Waals surface area contributed by atoms with Gasteiger partial charge < -0.3 is 10.2 Å². The van der Waals surface area contributed by atoms with Gasteiger partial charge in [0, 0.05) is 25.8 Å². The van der Waals surface area contributed by atoms with Crippen molar-refractivity contribution >= 4 is 6.08 Å². The highest BCUT2D eigenvalue weighted by Crippen LogP contribution is 2.30. The Balaban J connectivity index is 2.05. The predicted octanol–water partition coefficient (Wildman–Crippen LogP) is 1.62. The molecule has 2 aliphatic rings. The van der Waals surface area contributed by atoms with Crippen molar-refractivity contribution in [2.24, 2.45) is 0 Å². The molecule has 1 unspecified atom stereocenters. The summed E-state index contributed by atoms with van der Waals surface area (Å²) in [5.41, 5.74) is 2.83. The molecule has 3 rings (SSSR count). The van der Waals surface area contributed by atoms with Crippen molar-refractivity contribution in [2.45, 2.75) is 6.04 Å². The van der Waals surface area contributed by atoms with Gasteiger partial charge in [-0.15, -0.1) is 0 Å². The van der Waals surface area contributed by atoms with E-state index in [-0.39, 0.29) is 0 Å². The maximum atomic E-state index is 3.45.